The standard InChI is InChI=1S/C11H11F2N3O4/c1-15(2)10(17)5-14-11(18)6-3-8(13)9(16(19)20)4-7(6)12/h3-4H,5H2,1-2H3,(H,14,18). The van der Waals surface area contributed by atoms with Gasteiger partial charge in [-0.05, 0) is 6.07 Å². The molecule has 0 aliphatic carbocycles. The molecule has 0 aromatic heterocycles. The summed E-state index contributed by atoms with van der Waals surface area (Å²) >= 11 is 0. The Morgan fingerprint density at radius 1 is 1.30 bits per heavy atom. The number of nitrogens with zero attached hydrogens (tertiary/aromatic N) is 2. The van der Waals surface area contributed by atoms with Crippen molar-refractivity contribution in [2.24, 2.45) is 0 Å². The van der Waals surface area contributed by atoms with Gasteiger partial charge in [-0.15, -0.1) is 0 Å². The summed E-state index contributed by atoms with van der Waals surface area (Å²) in [6.07, 6.45) is 0. The molecule has 2 amide bonds. The summed E-state index contributed by atoms with van der Waals surface area (Å²) < 4.78 is 26.8. The van der Waals surface area contributed by atoms with E-state index in [0.29, 0.717) is 12.1 Å². The third-order valence-electron chi connectivity index (χ3n) is 2.38. The van der Waals surface area contributed by atoms with Crippen molar-refractivity contribution in [3.63, 3.8) is 0 Å². The molecule has 1 aromatic carbocycles. The topological polar surface area (TPSA) is 92.6 Å². The number of carbonyl (C=O) groups excluding carboxylic acids is 2. The predicted octanol–water partition coefficient (Wildman–Crippen LogP) is 0.691. The van der Waals surface area contributed by atoms with Crippen molar-refractivity contribution in [3.05, 3.63) is 39.4 Å². The van der Waals surface area contributed by atoms with Crippen LogP contribution in [0.5, 0.6) is 0 Å². The van der Waals surface area contributed by atoms with E-state index in [1.807, 2.05) is 0 Å². The highest BCUT2D eigenvalue weighted by atomic mass is 19.1. The Morgan fingerprint density at radius 2 is 1.90 bits per heavy atom. The number of nitrogens with one attached hydrogen (secondary N) is 1. The lowest BCUT2D eigenvalue weighted by Crippen LogP contribution is -2.36. The molecule has 7 nitrogen and oxygen atoms in total. The van der Waals surface area contributed by atoms with Crippen LogP contribution in [0.3, 0.4) is 0 Å². The van der Waals surface area contributed by atoms with E-state index in [4.69, 9.17) is 0 Å². The third-order valence-corrected chi connectivity index (χ3v) is 2.38. The van der Waals surface area contributed by atoms with Crippen LogP contribution in [0.25, 0.3) is 0 Å². The Balaban J connectivity index is 2.92. The number of likely N-dealkylation sites (N-methyl/N-ethyl adjacent to an activating group) is 1. The van der Waals surface area contributed by atoms with Gasteiger partial charge in [0.15, 0.2) is 0 Å². The van der Waals surface area contributed by atoms with Crippen LogP contribution in [-0.2, 0) is 4.79 Å². The minimum Gasteiger partial charge on any atom is -0.347 e. The van der Waals surface area contributed by atoms with Crippen LogP contribution in [0, 0.1) is 21.7 Å². The zero-order chi connectivity index (χ0) is 15.4. The van der Waals surface area contributed by atoms with Gasteiger partial charge in [-0.1, -0.05) is 0 Å². The Kier molecular flexibility index (Phi) is 4.68. The summed E-state index contributed by atoms with van der Waals surface area (Å²) in [7, 11) is 2.92. The van der Waals surface area contributed by atoms with Gasteiger partial charge in [0.05, 0.1) is 23.1 Å². The van der Waals surface area contributed by atoms with Crippen molar-refractivity contribution in [1.82, 2.24) is 10.2 Å². The van der Waals surface area contributed by atoms with E-state index in [1.54, 1.807) is 0 Å². The molecule has 0 atom stereocenters. The molecule has 1 aromatic rings. The number of nitro groups is 1. The monoisotopic (exact) mass is 287 g/mol. The quantitative estimate of drug-likeness (QED) is 0.651. The number of benzene rings is 1. The number of hydrogen-bond acceptors (Lipinski definition) is 4. The lowest BCUT2D eigenvalue weighted by atomic mass is 10.1. The third kappa shape index (κ3) is 3.46. The molecule has 20 heavy (non-hydrogen) atoms. The average molecular weight is 287 g/mol. The first-order valence-corrected chi connectivity index (χ1v) is 5.35. The maximum Gasteiger partial charge on any atom is 0.307 e. The van der Waals surface area contributed by atoms with E-state index < -0.39 is 46.2 Å². The van der Waals surface area contributed by atoms with E-state index >= 15 is 0 Å². The fourth-order valence-electron chi connectivity index (χ4n) is 1.26. The van der Waals surface area contributed by atoms with Crippen molar-refractivity contribution < 1.29 is 23.3 Å². The number of hydrogen-bond donors (Lipinski definition) is 1. The summed E-state index contributed by atoms with van der Waals surface area (Å²) in [5, 5.41) is 12.5. The summed E-state index contributed by atoms with van der Waals surface area (Å²) in [5.74, 6) is -4.05. The SMILES string of the molecule is CN(C)C(=O)CNC(=O)c1cc(F)c([N+](=O)[O-])cc1F. The molecule has 0 radical (unpaired) electrons. The Bertz CT molecular complexity index is 575. The zero-order valence-electron chi connectivity index (χ0n) is 10.6. The molecule has 0 saturated heterocycles. The van der Waals surface area contributed by atoms with E-state index in [0.717, 1.165) is 0 Å². The first-order chi connectivity index (χ1) is 9.23. The highest BCUT2D eigenvalue weighted by Gasteiger charge is 2.22. The molecule has 0 heterocycles. The largest absolute Gasteiger partial charge is 0.347 e. The van der Waals surface area contributed by atoms with Crippen LogP contribution < -0.4 is 5.32 Å². The molecule has 0 spiro atoms. The van der Waals surface area contributed by atoms with E-state index in [2.05, 4.69) is 5.32 Å². The molecule has 0 aliphatic rings. The number of halogens is 2. The van der Waals surface area contributed by atoms with Gasteiger partial charge >= 0.3 is 5.69 Å². The minimum atomic E-state index is -1.33. The normalized spacial score (nSPS) is 10.0. The van der Waals surface area contributed by atoms with Crippen LogP contribution in [-0.4, -0.2) is 42.3 Å². The van der Waals surface area contributed by atoms with E-state index in [1.165, 1.54) is 19.0 Å². The maximum absolute atomic E-state index is 13.5. The summed E-state index contributed by atoms with van der Waals surface area (Å²) in [4.78, 5) is 33.3. The average Bonchev–Trinajstić information content (AvgIpc) is 2.37. The minimum absolute atomic E-state index is 0.317. The summed E-state index contributed by atoms with van der Waals surface area (Å²) in [5.41, 5.74) is -1.77. The number of nitro benzene ring substituents is 1. The maximum atomic E-state index is 13.5. The summed E-state index contributed by atoms with van der Waals surface area (Å²) in [6.45, 7) is -0.399. The van der Waals surface area contributed by atoms with Gasteiger partial charge in [0, 0.05) is 14.1 Å². The molecule has 0 saturated carbocycles. The Labute approximate surface area is 112 Å². The molecule has 0 bridgehead atoms. The Morgan fingerprint density at radius 3 is 2.40 bits per heavy atom. The lowest BCUT2D eigenvalue weighted by molar-refractivity contribution is -0.387. The first kappa shape index (κ1) is 15.5. The molecule has 0 unspecified atom stereocenters. The van der Waals surface area contributed by atoms with Gasteiger partial charge < -0.3 is 10.2 Å². The van der Waals surface area contributed by atoms with Gasteiger partial charge in [-0.25, -0.2) is 4.39 Å². The molecular formula is C11H11F2N3O4. The predicted molar refractivity (Wildman–Crippen MR) is 64.0 cm³/mol. The highest BCUT2D eigenvalue weighted by Crippen LogP contribution is 2.21. The van der Waals surface area contributed by atoms with Crippen LogP contribution in [0.2, 0.25) is 0 Å². The van der Waals surface area contributed by atoms with Crippen LogP contribution >= 0.6 is 0 Å². The van der Waals surface area contributed by atoms with Crippen LogP contribution in [0.1, 0.15) is 10.4 Å². The first-order valence-electron chi connectivity index (χ1n) is 5.35. The Hall–Kier alpha value is -2.58. The van der Waals surface area contributed by atoms with Gasteiger partial charge in [-0.2, -0.15) is 4.39 Å². The number of carbonyl (C=O) groups is 2. The number of rotatable bonds is 4. The zero-order valence-corrected chi connectivity index (χ0v) is 10.6. The second-order valence-corrected chi connectivity index (χ2v) is 4.01. The molecule has 0 fully saturated rings. The molecule has 9 heteroatoms. The lowest BCUT2D eigenvalue weighted by Gasteiger charge is -2.11. The fourth-order valence-corrected chi connectivity index (χ4v) is 1.26. The van der Waals surface area contributed by atoms with Crippen molar-refractivity contribution in [2.75, 3.05) is 20.6 Å². The van der Waals surface area contributed by atoms with Gasteiger partial charge in [-0.3, -0.25) is 19.7 Å². The molecule has 108 valence electrons. The summed E-state index contributed by atoms with van der Waals surface area (Å²) in [6, 6.07) is 0.737. The molecule has 0 aliphatic heterocycles. The molecule has 1 N–H and O–H groups in total. The van der Waals surface area contributed by atoms with E-state index in [9.17, 15) is 28.5 Å². The van der Waals surface area contributed by atoms with Crippen LogP contribution in [0.15, 0.2) is 12.1 Å². The molecular weight excluding hydrogens is 276 g/mol. The van der Waals surface area contributed by atoms with Crippen LogP contribution in [0.4, 0.5) is 14.5 Å². The second-order valence-electron chi connectivity index (χ2n) is 4.01. The van der Waals surface area contributed by atoms with Gasteiger partial charge in [0.2, 0.25) is 11.7 Å². The molecule has 1 rings (SSSR count). The van der Waals surface area contributed by atoms with Crippen molar-refractivity contribution in [1.29, 1.82) is 0 Å². The van der Waals surface area contributed by atoms with Crippen molar-refractivity contribution >= 4 is 17.5 Å². The smallest absolute Gasteiger partial charge is 0.307 e. The van der Waals surface area contributed by atoms with Crippen molar-refractivity contribution in [3.8, 4) is 0 Å². The number of amides is 2. The van der Waals surface area contributed by atoms with Crippen molar-refractivity contribution in [2.45, 2.75) is 0 Å². The highest BCUT2D eigenvalue weighted by molar-refractivity contribution is 5.96. The van der Waals surface area contributed by atoms with E-state index in [-0.39, 0.29) is 0 Å². The second kappa shape index (κ2) is 6.04. The van der Waals surface area contributed by atoms with Gasteiger partial charge in [0.1, 0.15) is 5.82 Å². The van der Waals surface area contributed by atoms with Gasteiger partial charge in [0.25, 0.3) is 5.91 Å². The fraction of sp³-hybridized carbons (Fsp3) is 0.273.